The van der Waals surface area contributed by atoms with Gasteiger partial charge in [-0.15, -0.1) is 0 Å². The Morgan fingerprint density at radius 3 is 2.35 bits per heavy atom. The van der Waals surface area contributed by atoms with Crippen molar-refractivity contribution in [2.75, 3.05) is 30.8 Å². The van der Waals surface area contributed by atoms with Crippen LogP contribution in [0.25, 0.3) is 0 Å². The van der Waals surface area contributed by atoms with E-state index in [1.165, 1.54) is 0 Å². The number of nitrogens with two attached hydrogens (primary N) is 1. The maximum absolute atomic E-state index is 11.4. The van der Waals surface area contributed by atoms with E-state index in [1.54, 1.807) is 6.92 Å². The molecule has 0 fully saturated rings. The molecule has 0 spiro atoms. The van der Waals surface area contributed by atoms with Gasteiger partial charge >= 0.3 is 0 Å². The summed E-state index contributed by atoms with van der Waals surface area (Å²) in [6.45, 7) is 2.97. The molecule has 0 radical (unpaired) electrons. The summed E-state index contributed by atoms with van der Waals surface area (Å²) in [4.78, 5) is 2.00. The molecule has 2 N–H and O–H groups in total. The number of nitrogens with zero attached hydrogens (tertiary/aromatic N) is 1. The molecule has 0 heterocycles. The van der Waals surface area contributed by atoms with Crippen LogP contribution in [0.3, 0.4) is 0 Å². The number of anilines is 1. The van der Waals surface area contributed by atoms with Crippen molar-refractivity contribution in [2.45, 2.75) is 13.5 Å². The minimum Gasteiger partial charge on any atom is -0.399 e. The fraction of sp³-hybridized carbons (Fsp3) is 0.500. The van der Waals surface area contributed by atoms with Gasteiger partial charge in [-0.3, -0.25) is 0 Å². The Labute approximate surface area is 103 Å². The average molecular weight is 256 g/mol. The summed E-state index contributed by atoms with van der Waals surface area (Å²) in [6.07, 6.45) is 0. The third-order valence-electron chi connectivity index (χ3n) is 2.66. The van der Waals surface area contributed by atoms with Crippen molar-refractivity contribution in [3.05, 3.63) is 29.8 Å². The highest BCUT2D eigenvalue weighted by atomic mass is 32.2. The lowest BCUT2D eigenvalue weighted by molar-refractivity contribution is 0.346. The Morgan fingerprint density at radius 2 is 1.82 bits per heavy atom. The van der Waals surface area contributed by atoms with Crippen LogP contribution in [0.4, 0.5) is 5.69 Å². The summed E-state index contributed by atoms with van der Waals surface area (Å²) < 4.78 is 22.7. The lowest BCUT2D eigenvalue weighted by Crippen LogP contribution is -2.26. The Kier molecular flexibility index (Phi) is 4.96. The van der Waals surface area contributed by atoms with Gasteiger partial charge in [0, 0.05) is 24.5 Å². The zero-order valence-corrected chi connectivity index (χ0v) is 11.2. The van der Waals surface area contributed by atoms with E-state index in [0.29, 0.717) is 6.54 Å². The predicted octanol–water partition coefficient (Wildman–Crippen LogP) is 1.14. The highest BCUT2D eigenvalue weighted by Crippen LogP contribution is 2.07. The van der Waals surface area contributed by atoms with E-state index in [2.05, 4.69) is 0 Å². The number of benzene rings is 1. The summed E-state index contributed by atoms with van der Waals surface area (Å²) in [5.41, 5.74) is 7.47. The van der Waals surface area contributed by atoms with Crippen molar-refractivity contribution in [3.8, 4) is 0 Å². The monoisotopic (exact) mass is 256 g/mol. The molecule has 0 aliphatic heterocycles. The summed E-state index contributed by atoms with van der Waals surface area (Å²) in [6, 6.07) is 7.62. The Hall–Kier alpha value is -1.07. The van der Waals surface area contributed by atoms with Crippen molar-refractivity contribution in [2.24, 2.45) is 0 Å². The number of sulfone groups is 1. The molecule has 1 aromatic rings. The first-order chi connectivity index (χ1) is 7.93. The van der Waals surface area contributed by atoms with Crippen molar-refractivity contribution in [3.63, 3.8) is 0 Å². The first-order valence-electron chi connectivity index (χ1n) is 5.66. The number of nitrogen functional groups attached to an aromatic ring is 1. The number of rotatable bonds is 6. The van der Waals surface area contributed by atoms with Gasteiger partial charge in [-0.1, -0.05) is 19.1 Å². The lowest BCUT2D eigenvalue weighted by Gasteiger charge is -2.16. The van der Waals surface area contributed by atoms with Crippen LogP contribution < -0.4 is 5.73 Å². The lowest BCUT2D eigenvalue weighted by atomic mass is 10.2. The van der Waals surface area contributed by atoms with Crippen molar-refractivity contribution in [1.29, 1.82) is 0 Å². The summed E-state index contributed by atoms with van der Waals surface area (Å²) in [7, 11) is -0.957. The van der Waals surface area contributed by atoms with Crippen molar-refractivity contribution >= 4 is 15.5 Å². The maximum atomic E-state index is 11.4. The Balaban J connectivity index is 2.45. The second-order valence-electron chi connectivity index (χ2n) is 4.22. The van der Waals surface area contributed by atoms with E-state index in [-0.39, 0.29) is 11.5 Å². The molecule has 1 rings (SSSR count). The summed E-state index contributed by atoms with van der Waals surface area (Å²) >= 11 is 0. The van der Waals surface area contributed by atoms with Crippen molar-refractivity contribution < 1.29 is 8.42 Å². The van der Waals surface area contributed by atoms with Crippen LogP contribution in [-0.2, 0) is 16.4 Å². The molecule has 4 nitrogen and oxygen atoms in total. The van der Waals surface area contributed by atoms with Gasteiger partial charge in [0.1, 0.15) is 0 Å². The molecule has 0 unspecified atom stereocenters. The molecule has 0 aromatic heterocycles. The third kappa shape index (κ3) is 5.19. The minimum absolute atomic E-state index is 0.211. The average Bonchev–Trinajstić information content (AvgIpc) is 2.30. The quantitative estimate of drug-likeness (QED) is 0.775. The van der Waals surface area contributed by atoms with E-state index in [0.717, 1.165) is 17.8 Å². The topological polar surface area (TPSA) is 63.4 Å². The van der Waals surface area contributed by atoms with E-state index in [1.807, 2.05) is 36.2 Å². The SMILES string of the molecule is CCS(=O)(=O)CCN(C)Cc1ccc(N)cc1. The van der Waals surface area contributed by atoms with Gasteiger partial charge in [-0.2, -0.15) is 0 Å². The number of hydrogen-bond donors (Lipinski definition) is 1. The zero-order valence-electron chi connectivity index (χ0n) is 10.4. The summed E-state index contributed by atoms with van der Waals surface area (Å²) in [5.74, 6) is 0.428. The van der Waals surface area contributed by atoms with Gasteiger partial charge in [0.15, 0.2) is 9.84 Å². The molecular formula is C12H20N2O2S. The van der Waals surface area contributed by atoms with Crippen LogP contribution in [0.5, 0.6) is 0 Å². The molecule has 0 bridgehead atoms. The molecule has 17 heavy (non-hydrogen) atoms. The molecule has 1 aromatic carbocycles. The fourth-order valence-electron chi connectivity index (χ4n) is 1.45. The van der Waals surface area contributed by atoms with E-state index in [9.17, 15) is 8.42 Å². The molecule has 5 heteroatoms. The molecule has 96 valence electrons. The first-order valence-corrected chi connectivity index (χ1v) is 7.48. The maximum Gasteiger partial charge on any atom is 0.151 e. The van der Waals surface area contributed by atoms with Crippen LogP contribution in [0, 0.1) is 0 Å². The highest BCUT2D eigenvalue weighted by molar-refractivity contribution is 7.91. The Morgan fingerprint density at radius 1 is 1.24 bits per heavy atom. The van der Waals surface area contributed by atoms with E-state index >= 15 is 0 Å². The Bertz CT molecular complexity index is 440. The van der Waals surface area contributed by atoms with Crippen molar-refractivity contribution in [1.82, 2.24) is 4.90 Å². The molecule has 0 aliphatic carbocycles. The van der Waals surface area contributed by atoms with E-state index in [4.69, 9.17) is 5.73 Å². The van der Waals surface area contributed by atoms with Gasteiger partial charge in [0.05, 0.1) is 5.75 Å². The predicted molar refractivity (Wildman–Crippen MR) is 71.5 cm³/mol. The van der Waals surface area contributed by atoms with Crippen LogP contribution in [-0.4, -0.2) is 38.4 Å². The third-order valence-corrected chi connectivity index (χ3v) is 4.34. The summed E-state index contributed by atoms with van der Waals surface area (Å²) in [5, 5.41) is 0. The zero-order chi connectivity index (χ0) is 12.9. The molecule has 0 amide bonds. The highest BCUT2D eigenvalue weighted by Gasteiger charge is 2.09. The molecular weight excluding hydrogens is 236 g/mol. The fourth-order valence-corrected chi connectivity index (χ4v) is 2.33. The molecule has 0 saturated heterocycles. The van der Waals surface area contributed by atoms with Gasteiger partial charge in [-0.25, -0.2) is 8.42 Å². The minimum atomic E-state index is -2.88. The smallest absolute Gasteiger partial charge is 0.151 e. The van der Waals surface area contributed by atoms with Gasteiger partial charge in [-0.05, 0) is 24.7 Å². The van der Waals surface area contributed by atoms with Crippen LogP contribution in [0.1, 0.15) is 12.5 Å². The second kappa shape index (κ2) is 6.02. The molecule has 0 saturated carbocycles. The van der Waals surface area contributed by atoms with Gasteiger partial charge in [0.25, 0.3) is 0 Å². The van der Waals surface area contributed by atoms with Crippen LogP contribution in [0.2, 0.25) is 0 Å². The van der Waals surface area contributed by atoms with Gasteiger partial charge < -0.3 is 10.6 Å². The molecule has 0 aliphatic rings. The van der Waals surface area contributed by atoms with Gasteiger partial charge in [0.2, 0.25) is 0 Å². The van der Waals surface area contributed by atoms with E-state index < -0.39 is 9.84 Å². The number of hydrogen-bond acceptors (Lipinski definition) is 4. The largest absolute Gasteiger partial charge is 0.399 e. The first kappa shape index (κ1) is 14.0. The van der Waals surface area contributed by atoms with Crippen LogP contribution >= 0.6 is 0 Å². The normalized spacial score (nSPS) is 11.9. The second-order valence-corrected chi connectivity index (χ2v) is 6.69. The standard InChI is InChI=1S/C12H20N2O2S/c1-3-17(15,16)9-8-14(2)10-11-4-6-12(13)7-5-11/h4-7H,3,8-10,13H2,1-2H3. The molecule has 0 atom stereocenters. The van der Waals surface area contributed by atoms with Crippen LogP contribution in [0.15, 0.2) is 24.3 Å².